The molecule has 0 aliphatic heterocycles. The third kappa shape index (κ3) is 9.11. The van der Waals surface area contributed by atoms with Crippen molar-refractivity contribution in [2.24, 2.45) is 5.73 Å². The third-order valence-electron chi connectivity index (χ3n) is 5.68. The normalized spacial score (nSPS) is 10.5. The number of carbonyl (C=O) groups excluding carboxylic acids is 3. The van der Waals surface area contributed by atoms with Crippen molar-refractivity contribution >= 4 is 51.5 Å². The number of nitrogens with two attached hydrogens (primary N) is 1. The van der Waals surface area contributed by atoms with Gasteiger partial charge in [-0.15, -0.1) is 11.3 Å². The van der Waals surface area contributed by atoms with Crippen LogP contribution in [0, 0.1) is 6.92 Å². The number of thiophene rings is 1. The van der Waals surface area contributed by atoms with Crippen molar-refractivity contribution in [2.45, 2.75) is 45.4 Å². The number of anilines is 1. The Morgan fingerprint density at radius 3 is 2.24 bits per heavy atom. The fraction of sp³-hybridized carbons (Fsp3) is 0.286. The van der Waals surface area contributed by atoms with E-state index in [1.807, 2.05) is 67.6 Å². The first-order valence-corrected chi connectivity index (χ1v) is 13.3. The van der Waals surface area contributed by atoms with E-state index in [1.54, 1.807) is 0 Å². The average molecular weight is 538 g/mol. The lowest BCUT2D eigenvalue weighted by molar-refractivity contribution is -0.143. The first-order valence-electron chi connectivity index (χ1n) is 12.1. The van der Waals surface area contributed by atoms with Crippen LogP contribution in [0.4, 0.5) is 5.00 Å². The molecule has 1 heterocycles. The SMILES string of the molecule is Cc1c(Cc2ccccc2)sc(NC(=S)NC(=O)CCCC(=O)OCCCc2ccccc2)c1C(N)=O. The first-order chi connectivity index (χ1) is 17.8. The van der Waals surface area contributed by atoms with Gasteiger partial charge in [0.1, 0.15) is 5.00 Å². The van der Waals surface area contributed by atoms with E-state index < -0.39 is 5.91 Å². The summed E-state index contributed by atoms with van der Waals surface area (Å²) in [7, 11) is 0. The fourth-order valence-electron chi connectivity index (χ4n) is 3.79. The maximum absolute atomic E-state index is 12.3. The molecule has 0 saturated carbocycles. The van der Waals surface area contributed by atoms with E-state index in [0.717, 1.165) is 28.8 Å². The molecule has 0 saturated heterocycles. The van der Waals surface area contributed by atoms with Crippen LogP contribution in [-0.4, -0.2) is 29.5 Å². The van der Waals surface area contributed by atoms with Gasteiger partial charge in [0.25, 0.3) is 5.91 Å². The van der Waals surface area contributed by atoms with Crippen molar-refractivity contribution < 1.29 is 19.1 Å². The van der Waals surface area contributed by atoms with Crippen molar-refractivity contribution in [1.29, 1.82) is 0 Å². The average Bonchev–Trinajstić information content (AvgIpc) is 3.17. The Hall–Kier alpha value is -3.56. The number of nitrogens with one attached hydrogen (secondary N) is 2. The molecule has 9 heteroatoms. The highest BCUT2D eigenvalue weighted by Crippen LogP contribution is 2.34. The number of aryl methyl sites for hydroxylation is 1. The highest BCUT2D eigenvalue weighted by atomic mass is 32.1. The van der Waals surface area contributed by atoms with Crippen molar-refractivity contribution in [3.05, 3.63) is 87.8 Å². The lowest BCUT2D eigenvalue weighted by atomic mass is 10.1. The summed E-state index contributed by atoms with van der Waals surface area (Å²) >= 11 is 6.66. The number of amides is 2. The second kappa shape index (κ2) is 14.2. The molecule has 2 amide bonds. The highest BCUT2D eigenvalue weighted by Gasteiger charge is 2.20. The molecule has 1 aromatic heterocycles. The molecule has 3 rings (SSSR count). The van der Waals surface area contributed by atoms with Crippen LogP contribution in [0.3, 0.4) is 0 Å². The summed E-state index contributed by atoms with van der Waals surface area (Å²) in [5.74, 6) is -1.22. The summed E-state index contributed by atoms with van der Waals surface area (Å²) in [5, 5.41) is 6.12. The number of benzene rings is 2. The molecule has 0 spiro atoms. The molecule has 2 aromatic carbocycles. The molecule has 37 heavy (non-hydrogen) atoms. The Morgan fingerprint density at radius 1 is 0.946 bits per heavy atom. The summed E-state index contributed by atoms with van der Waals surface area (Å²) in [4.78, 5) is 37.3. The monoisotopic (exact) mass is 537 g/mol. The van der Waals surface area contributed by atoms with Crippen molar-refractivity contribution in [3.8, 4) is 0 Å². The van der Waals surface area contributed by atoms with Gasteiger partial charge in [0.15, 0.2) is 5.11 Å². The van der Waals surface area contributed by atoms with Crippen molar-refractivity contribution in [1.82, 2.24) is 5.32 Å². The Balaban J connectivity index is 1.41. The van der Waals surface area contributed by atoms with Crippen molar-refractivity contribution in [2.75, 3.05) is 11.9 Å². The molecule has 0 bridgehead atoms. The Bertz CT molecular complexity index is 1230. The maximum Gasteiger partial charge on any atom is 0.305 e. The number of carbonyl (C=O) groups is 3. The van der Waals surface area contributed by atoms with Crippen LogP contribution < -0.4 is 16.4 Å². The largest absolute Gasteiger partial charge is 0.466 e. The minimum atomic E-state index is -0.563. The van der Waals surface area contributed by atoms with Gasteiger partial charge < -0.3 is 21.1 Å². The van der Waals surface area contributed by atoms with Crippen LogP contribution >= 0.6 is 23.6 Å². The van der Waals surface area contributed by atoms with E-state index in [9.17, 15) is 14.4 Å². The zero-order chi connectivity index (χ0) is 26.6. The standard InChI is InChI=1S/C28H31N3O4S2/c1-19-22(18-21-12-6-3-7-13-21)37-27(25(19)26(29)34)31-28(36)30-23(32)15-8-16-24(33)35-17-9-14-20-10-4-2-5-11-20/h2-7,10-13H,8-9,14-18H2,1H3,(H2,29,34)(H2,30,31,32,36). The minimum absolute atomic E-state index is 0.0727. The van der Waals surface area contributed by atoms with Crippen LogP contribution in [0.2, 0.25) is 0 Å². The second-order valence-corrected chi connectivity index (χ2v) is 10.1. The molecule has 0 fully saturated rings. The van der Waals surface area contributed by atoms with Crippen molar-refractivity contribution in [3.63, 3.8) is 0 Å². The Morgan fingerprint density at radius 2 is 1.59 bits per heavy atom. The molecule has 3 aromatic rings. The zero-order valence-electron chi connectivity index (χ0n) is 20.8. The van der Waals surface area contributed by atoms with E-state index in [4.69, 9.17) is 22.7 Å². The Kier molecular flexibility index (Phi) is 10.8. The molecule has 0 aliphatic carbocycles. The molecule has 194 valence electrons. The van der Waals surface area contributed by atoms with E-state index >= 15 is 0 Å². The first kappa shape index (κ1) is 28.0. The number of hydrogen-bond acceptors (Lipinski definition) is 6. The van der Waals surface area contributed by atoms with E-state index in [-0.39, 0.29) is 29.8 Å². The van der Waals surface area contributed by atoms with Gasteiger partial charge in [-0.1, -0.05) is 60.7 Å². The lowest BCUT2D eigenvalue weighted by Crippen LogP contribution is -2.34. The van der Waals surface area contributed by atoms with E-state index in [1.165, 1.54) is 16.9 Å². The molecular weight excluding hydrogens is 506 g/mol. The van der Waals surface area contributed by atoms with Crippen LogP contribution in [0.25, 0.3) is 0 Å². The summed E-state index contributed by atoms with van der Waals surface area (Å²) in [5.41, 5.74) is 9.09. The quantitative estimate of drug-likeness (QED) is 0.172. The predicted molar refractivity (Wildman–Crippen MR) is 151 cm³/mol. The smallest absolute Gasteiger partial charge is 0.305 e. The van der Waals surface area contributed by atoms with Gasteiger partial charge in [-0.2, -0.15) is 0 Å². The fourth-order valence-corrected chi connectivity index (χ4v) is 5.32. The van der Waals surface area contributed by atoms with E-state index in [2.05, 4.69) is 10.6 Å². The summed E-state index contributed by atoms with van der Waals surface area (Å²) in [6, 6.07) is 19.9. The second-order valence-electron chi connectivity index (χ2n) is 8.55. The molecule has 0 unspecified atom stereocenters. The maximum atomic E-state index is 12.3. The number of thiocarbonyl (C=S) groups is 1. The van der Waals surface area contributed by atoms with Crippen LogP contribution in [0.1, 0.15) is 57.6 Å². The molecule has 7 nitrogen and oxygen atoms in total. The van der Waals surface area contributed by atoms with Crippen LogP contribution in [0.5, 0.6) is 0 Å². The number of ether oxygens (including phenoxy) is 1. The van der Waals surface area contributed by atoms with Gasteiger partial charge in [0.2, 0.25) is 5.91 Å². The summed E-state index contributed by atoms with van der Waals surface area (Å²) in [6.45, 7) is 2.20. The summed E-state index contributed by atoms with van der Waals surface area (Å²) in [6.07, 6.45) is 2.86. The zero-order valence-corrected chi connectivity index (χ0v) is 22.4. The van der Waals surface area contributed by atoms with Gasteiger partial charge >= 0.3 is 5.97 Å². The minimum Gasteiger partial charge on any atom is -0.466 e. The third-order valence-corrected chi connectivity index (χ3v) is 7.09. The topological polar surface area (TPSA) is 111 Å². The number of hydrogen-bond donors (Lipinski definition) is 3. The van der Waals surface area contributed by atoms with Gasteiger partial charge in [-0.05, 0) is 55.1 Å². The summed E-state index contributed by atoms with van der Waals surface area (Å²) < 4.78 is 5.25. The number of esters is 1. The molecular formula is C28H31N3O4S2. The number of primary amides is 1. The molecule has 0 atom stereocenters. The van der Waals surface area contributed by atoms with Gasteiger partial charge in [0.05, 0.1) is 12.2 Å². The molecule has 0 radical (unpaired) electrons. The molecule has 4 N–H and O–H groups in total. The van der Waals surface area contributed by atoms with Crippen LogP contribution in [-0.2, 0) is 27.2 Å². The predicted octanol–water partition coefficient (Wildman–Crippen LogP) is 4.91. The number of rotatable bonds is 12. The lowest BCUT2D eigenvalue weighted by Gasteiger charge is -2.09. The van der Waals surface area contributed by atoms with Gasteiger partial charge in [-0.25, -0.2) is 0 Å². The van der Waals surface area contributed by atoms with Gasteiger partial charge in [0, 0.05) is 24.1 Å². The Labute approximate surface area is 226 Å². The molecule has 0 aliphatic rings. The van der Waals surface area contributed by atoms with E-state index in [0.29, 0.717) is 30.0 Å². The highest BCUT2D eigenvalue weighted by molar-refractivity contribution is 7.80. The van der Waals surface area contributed by atoms with Gasteiger partial charge in [-0.3, -0.25) is 14.4 Å². The van der Waals surface area contributed by atoms with Crippen LogP contribution in [0.15, 0.2) is 60.7 Å².